The normalized spacial score (nSPS) is 14.7. The highest BCUT2D eigenvalue weighted by Crippen LogP contribution is 2.19. The molecule has 3 heteroatoms. The van der Waals surface area contributed by atoms with E-state index in [0.717, 1.165) is 22.4 Å². The molecule has 3 rings (SSSR count). The standard InChI is InChI=1S/C16H14N2O/c1-18-16(19)14-10-6-5-9-13(14)11-15(17-18)12-7-3-2-4-8-12/h2-10H,11H2,1H3. The van der Waals surface area contributed by atoms with Crippen LogP contribution in [0.15, 0.2) is 59.7 Å². The highest BCUT2D eigenvalue weighted by atomic mass is 16.2. The SMILES string of the molecule is CN1N=C(c2ccccc2)Cc2ccccc2C1=O. The molecule has 0 aromatic heterocycles. The molecular weight excluding hydrogens is 236 g/mol. The summed E-state index contributed by atoms with van der Waals surface area (Å²) in [5.74, 6) is -0.0541. The van der Waals surface area contributed by atoms with Gasteiger partial charge in [-0.3, -0.25) is 4.79 Å². The topological polar surface area (TPSA) is 32.7 Å². The number of rotatable bonds is 1. The summed E-state index contributed by atoms with van der Waals surface area (Å²) >= 11 is 0. The molecule has 19 heavy (non-hydrogen) atoms. The van der Waals surface area contributed by atoms with Crippen LogP contribution in [0, 0.1) is 0 Å². The van der Waals surface area contributed by atoms with Crippen LogP contribution in [-0.4, -0.2) is 23.7 Å². The van der Waals surface area contributed by atoms with E-state index in [-0.39, 0.29) is 5.91 Å². The van der Waals surface area contributed by atoms with Crippen LogP contribution in [-0.2, 0) is 6.42 Å². The number of hydrazone groups is 1. The average molecular weight is 250 g/mol. The number of fused-ring (bicyclic) bond motifs is 1. The van der Waals surface area contributed by atoms with Gasteiger partial charge in [0.05, 0.1) is 5.71 Å². The predicted molar refractivity (Wildman–Crippen MR) is 75.2 cm³/mol. The first-order chi connectivity index (χ1) is 9.25. The van der Waals surface area contributed by atoms with Crippen molar-refractivity contribution < 1.29 is 4.79 Å². The Morgan fingerprint density at radius 2 is 1.68 bits per heavy atom. The molecular formula is C16H14N2O. The number of carbonyl (C=O) groups excluding carboxylic acids is 1. The number of amides is 1. The van der Waals surface area contributed by atoms with Crippen molar-refractivity contribution in [3.63, 3.8) is 0 Å². The molecule has 0 unspecified atom stereocenters. The first kappa shape index (κ1) is 11.7. The highest BCUT2D eigenvalue weighted by Gasteiger charge is 2.21. The lowest BCUT2D eigenvalue weighted by molar-refractivity contribution is 0.0800. The second-order valence-electron chi connectivity index (χ2n) is 4.58. The van der Waals surface area contributed by atoms with Crippen molar-refractivity contribution in [2.45, 2.75) is 6.42 Å². The largest absolute Gasteiger partial charge is 0.273 e. The van der Waals surface area contributed by atoms with E-state index in [4.69, 9.17) is 0 Å². The van der Waals surface area contributed by atoms with Crippen LogP contribution in [0.1, 0.15) is 21.5 Å². The fourth-order valence-electron chi connectivity index (χ4n) is 2.29. The molecule has 0 saturated carbocycles. The van der Waals surface area contributed by atoms with Gasteiger partial charge >= 0.3 is 0 Å². The minimum absolute atomic E-state index is 0.0541. The maximum atomic E-state index is 12.2. The van der Waals surface area contributed by atoms with Gasteiger partial charge in [-0.25, -0.2) is 5.01 Å². The van der Waals surface area contributed by atoms with Gasteiger partial charge in [-0.2, -0.15) is 5.10 Å². The summed E-state index contributed by atoms with van der Waals surface area (Å²) < 4.78 is 0. The molecule has 1 amide bonds. The zero-order valence-electron chi connectivity index (χ0n) is 10.7. The molecule has 2 aromatic carbocycles. The Morgan fingerprint density at radius 3 is 2.47 bits per heavy atom. The Morgan fingerprint density at radius 1 is 1.00 bits per heavy atom. The van der Waals surface area contributed by atoms with Crippen molar-refractivity contribution in [2.75, 3.05) is 7.05 Å². The molecule has 0 radical (unpaired) electrons. The van der Waals surface area contributed by atoms with E-state index >= 15 is 0 Å². The molecule has 0 fully saturated rings. The van der Waals surface area contributed by atoms with Gasteiger partial charge in [-0.05, 0) is 17.2 Å². The maximum absolute atomic E-state index is 12.2. The average Bonchev–Trinajstić information content (AvgIpc) is 2.58. The third kappa shape index (κ3) is 2.15. The fraction of sp³-hybridized carbons (Fsp3) is 0.125. The van der Waals surface area contributed by atoms with E-state index in [1.54, 1.807) is 7.05 Å². The summed E-state index contributed by atoms with van der Waals surface area (Å²) in [5.41, 5.74) is 3.74. The highest BCUT2D eigenvalue weighted by molar-refractivity contribution is 6.06. The molecule has 1 heterocycles. The van der Waals surface area contributed by atoms with Gasteiger partial charge in [0, 0.05) is 19.0 Å². The Kier molecular flexibility index (Phi) is 2.88. The minimum Gasteiger partial charge on any atom is -0.267 e. The molecule has 0 N–H and O–H groups in total. The lowest BCUT2D eigenvalue weighted by atomic mass is 9.98. The first-order valence-corrected chi connectivity index (χ1v) is 6.24. The molecule has 0 saturated heterocycles. The summed E-state index contributed by atoms with van der Waals surface area (Å²) in [4.78, 5) is 12.2. The van der Waals surface area contributed by atoms with E-state index in [1.165, 1.54) is 5.01 Å². The van der Waals surface area contributed by atoms with Crippen molar-refractivity contribution in [2.24, 2.45) is 5.10 Å². The zero-order chi connectivity index (χ0) is 13.2. The molecule has 0 atom stereocenters. The summed E-state index contributed by atoms with van der Waals surface area (Å²) in [6, 6.07) is 17.7. The summed E-state index contributed by atoms with van der Waals surface area (Å²) in [7, 11) is 1.70. The minimum atomic E-state index is -0.0541. The maximum Gasteiger partial charge on any atom is 0.273 e. The number of carbonyl (C=O) groups is 1. The Balaban J connectivity index is 2.10. The van der Waals surface area contributed by atoms with E-state index in [9.17, 15) is 4.79 Å². The number of nitrogens with zero attached hydrogens (tertiary/aromatic N) is 2. The van der Waals surface area contributed by atoms with Crippen LogP contribution in [0.4, 0.5) is 0 Å². The summed E-state index contributed by atoms with van der Waals surface area (Å²) in [5, 5.41) is 5.87. The second kappa shape index (κ2) is 4.69. The molecule has 2 aromatic rings. The van der Waals surface area contributed by atoms with Crippen LogP contribution in [0.25, 0.3) is 0 Å². The summed E-state index contributed by atoms with van der Waals surface area (Å²) in [6.07, 6.45) is 0.677. The predicted octanol–water partition coefficient (Wildman–Crippen LogP) is 2.72. The van der Waals surface area contributed by atoms with Gasteiger partial charge in [0.25, 0.3) is 5.91 Å². The van der Waals surface area contributed by atoms with E-state index in [1.807, 2.05) is 54.6 Å². The lowest BCUT2D eigenvalue weighted by Crippen LogP contribution is -2.21. The Bertz CT molecular complexity index is 647. The van der Waals surface area contributed by atoms with E-state index in [0.29, 0.717) is 6.42 Å². The van der Waals surface area contributed by atoms with Gasteiger partial charge in [-0.1, -0.05) is 48.5 Å². The smallest absolute Gasteiger partial charge is 0.267 e. The van der Waals surface area contributed by atoms with E-state index in [2.05, 4.69) is 5.10 Å². The molecule has 0 bridgehead atoms. The molecule has 1 aliphatic heterocycles. The Hall–Kier alpha value is -2.42. The number of hydrogen-bond donors (Lipinski definition) is 0. The van der Waals surface area contributed by atoms with Gasteiger partial charge in [-0.15, -0.1) is 0 Å². The van der Waals surface area contributed by atoms with Crippen molar-refractivity contribution in [1.29, 1.82) is 0 Å². The van der Waals surface area contributed by atoms with Crippen LogP contribution in [0.5, 0.6) is 0 Å². The Labute approximate surface area is 112 Å². The van der Waals surface area contributed by atoms with Gasteiger partial charge in [0.2, 0.25) is 0 Å². The number of hydrogen-bond acceptors (Lipinski definition) is 2. The van der Waals surface area contributed by atoms with Gasteiger partial charge in [0.15, 0.2) is 0 Å². The van der Waals surface area contributed by atoms with E-state index < -0.39 is 0 Å². The van der Waals surface area contributed by atoms with Crippen LogP contribution >= 0.6 is 0 Å². The van der Waals surface area contributed by atoms with Crippen LogP contribution in [0.2, 0.25) is 0 Å². The molecule has 0 spiro atoms. The molecule has 3 nitrogen and oxygen atoms in total. The molecule has 94 valence electrons. The van der Waals surface area contributed by atoms with Gasteiger partial charge in [0.1, 0.15) is 0 Å². The van der Waals surface area contributed by atoms with Crippen molar-refractivity contribution in [3.8, 4) is 0 Å². The number of benzene rings is 2. The second-order valence-corrected chi connectivity index (χ2v) is 4.58. The zero-order valence-corrected chi connectivity index (χ0v) is 10.7. The summed E-state index contributed by atoms with van der Waals surface area (Å²) in [6.45, 7) is 0. The molecule has 1 aliphatic rings. The lowest BCUT2D eigenvalue weighted by Gasteiger charge is -2.10. The third-order valence-electron chi connectivity index (χ3n) is 3.28. The monoisotopic (exact) mass is 250 g/mol. The third-order valence-corrected chi connectivity index (χ3v) is 3.28. The van der Waals surface area contributed by atoms with Gasteiger partial charge < -0.3 is 0 Å². The van der Waals surface area contributed by atoms with Crippen LogP contribution in [0.3, 0.4) is 0 Å². The quantitative estimate of drug-likeness (QED) is 0.766. The molecule has 0 aliphatic carbocycles. The first-order valence-electron chi connectivity index (χ1n) is 6.24. The van der Waals surface area contributed by atoms with Crippen molar-refractivity contribution in [3.05, 3.63) is 71.3 Å². The fourth-order valence-corrected chi connectivity index (χ4v) is 2.29. The van der Waals surface area contributed by atoms with Crippen LogP contribution < -0.4 is 0 Å². The van der Waals surface area contributed by atoms with Crippen molar-refractivity contribution >= 4 is 11.6 Å². The van der Waals surface area contributed by atoms with Crippen molar-refractivity contribution in [1.82, 2.24) is 5.01 Å².